The van der Waals surface area contributed by atoms with Gasteiger partial charge in [0.2, 0.25) is 5.91 Å². The molecule has 0 radical (unpaired) electrons. The molecule has 7 nitrogen and oxygen atoms in total. The predicted octanol–water partition coefficient (Wildman–Crippen LogP) is 8.03. The first-order valence-corrected chi connectivity index (χ1v) is 15.6. The Morgan fingerprint density at radius 3 is 1.98 bits per heavy atom. The number of fused-ring (bicyclic) bond motifs is 3. The summed E-state index contributed by atoms with van der Waals surface area (Å²) in [5.74, 6) is -0.358. The van der Waals surface area contributed by atoms with Crippen molar-refractivity contribution in [1.82, 2.24) is 9.88 Å². The highest BCUT2D eigenvalue weighted by atomic mass is 32.2. The highest BCUT2D eigenvalue weighted by molar-refractivity contribution is 8.00. The van der Waals surface area contributed by atoms with E-state index in [1.807, 2.05) is 85.8 Å². The second kappa shape index (κ2) is 13.6. The normalized spacial score (nSPS) is 12.1. The number of ether oxygens (including phenoxy) is 1. The van der Waals surface area contributed by atoms with Crippen LogP contribution in [0.1, 0.15) is 27.6 Å². The van der Waals surface area contributed by atoms with Gasteiger partial charge in [-0.15, -0.1) is 11.8 Å². The minimum Gasteiger partial charge on any atom is -0.496 e. The molecule has 0 saturated carbocycles. The Labute approximate surface area is 270 Å². The molecule has 0 spiro atoms. The number of rotatable bonds is 9. The Morgan fingerprint density at radius 2 is 1.33 bits per heavy atom. The summed E-state index contributed by atoms with van der Waals surface area (Å²) >= 11 is 1.45. The summed E-state index contributed by atoms with van der Waals surface area (Å²) in [6.07, 6.45) is 1.58. The van der Waals surface area contributed by atoms with Gasteiger partial charge in [-0.25, -0.2) is 0 Å². The molecule has 1 atom stereocenters. The third-order valence-corrected chi connectivity index (χ3v) is 8.64. The Morgan fingerprint density at radius 1 is 0.739 bits per heavy atom. The Kier molecular flexibility index (Phi) is 8.98. The topological polar surface area (TPSA) is 89.4 Å². The smallest absolute Gasteiger partial charge is 0.272 e. The van der Waals surface area contributed by atoms with E-state index in [-0.39, 0.29) is 16.9 Å². The van der Waals surface area contributed by atoms with Crippen LogP contribution in [0.2, 0.25) is 0 Å². The van der Waals surface area contributed by atoms with Crippen molar-refractivity contribution in [2.45, 2.75) is 17.1 Å². The molecule has 6 rings (SSSR count). The maximum Gasteiger partial charge on any atom is 0.272 e. The Bertz CT molecular complexity index is 2030. The standard InChI is InChI=1S/C38H31N3O4S/c1-25(38(44)41-33-17-9-7-15-30(33)31-16-8-10-18-34(31)41)46-29-22-20-28(21-23-29)39-37(43)32(24-27-14-6-11-19-35(27)45-2)40-36(42)26-12-4-3-5-13-26/h3-25H,1-2H3,(H,39,43)(H,40,42)/b32-24-. The van der Waals surface area contributed by atoms with E-state index in [0.717, 1.165) is 26.7 Å². The number of benzene rings is 5. The molecule has 2 amide bonds. The fourth-order valence-corrected chi connectivity index (χ4v) is 6.20. The van der Waals surface area contributed by atoms with Crippen molar-refractivity contribution in [2.75, 3.05) is 12.4 Å². The number of anilines is 1. The van der Waals surface area contributed by atoms with Crippen LogP contribution >= 0.6 is 11.8 Å². The SMILES string of the molecule is COc1ccccc1/C=C(\NC(=O)c1ccccc1)C(=O)Nc1ccc(SC(C)C(=O)n2c3ccccc3c3ccccc32)cc1. The maximum absolute atomic E-state index is 13.7. The summed E-state index contributed by atoms with van der Waals surface area (Å²) in [5, 5.41) is 7.35. The van der Waals surface area contributed by atoms with Gasteiger partial charge in [0.15, 0.2) is 0 Å². The lowest BCUT2D eigenvalue weighted by atomic mass is 10.1. The van der Waals surface area contributed by atoms with Crippen molar-refractivity contribution in [3.63, 3.8) is 0 Å². The first kappa shape index (κ1) is 30.4. The lowest BCUT2D eigenvalue weighted by Gasteiger charge is -2.14. The van der Waals surface area contributed by atoms with E-state index in [2.05, 4.69) is 10.6 Å². The van der Waals surface area contributed by atoms with Crippen LogP contribution in [-0.4, -0.2) is 34.6 Å². The summed E-state index contributed by atoms with van der Waals surface area (Å²) in [6.45, 7) is 1.90. The molecule has 0 fully saturated rings. The number of para-hydroxylation sites is 3. The lowest BCUT2D eigenvalue weighted by Crippen LogP contribution is -2.30. The number of nitrogens with zero attached hydrogens (tertiary/aromatic N) is 1. The molecule has 5 aromatic carbocycles. The second-order valence-electron chi connectivity index (χ2n) is 10.6. The number of aromatic nitrogens is 1. The highest BCUT2D eigenvalue weighted by Crippen LogP contribution is 2.32. The molecular formula is C38H31N3O4S. The van der Waals surface area contributed by atoms with E-state index >= 15 is 0 Å². The van der Waals surface area contributed by atoms with E-state index < -0.39 is 11.8 Å². The van der Waals surface area contributed by atoms with Crippen molar-refractivity contribution in [3.05, 3.63) is 144 Å². The molecule has 6 aromatic rings. The van der Waals surface area contributed by atoms with E-state index in [1.165, 1.54) is 11.8 Å². The van der Waals surface area contributed by atoms with Gasteiger partial charge in [-0.1, -0.05) is 72.8 Å². The lowest BCUT2D eigenvalue weighted by molar-refractivity contribution is -0.113. The number of thioether (sulfide) groups is 1. The van der Waals surface area contributed by atoms with Crippen LogP contribution in [0.15, 0.2) is 138 Å². The summed E-state index contributed by atoms with van der Waals surface area (Å²) in [6, 6.07) is 39.1. The summed E-state index contributed by atoms with van der Waals surface area (Å²) in [4.78, 5) is 41.1. The van der Waals surface area contributed by atoms with Crippen LogP contribution in [0.5, 0.6) is 5.75 Å². The molecule has 1 heterocycles. The van der Waals surface area contributed by atoms with Crippen molar-refractivity contribution in [2.24, 2.45) is 0 Å². The van der Waals surface area contributed by atoms with Crippen LogP contribution in [-0.2, 0) is 4.79 Å². The van der Waals surface area contributed by atoms with Crippen LogP contribution < -0.4 is 15.4 Å². The van der Waals surface area contributed by atoms with E-state index in [4.69, 9.17) is 4.74 Å². The van der Waals surface area contributed by atoms with Crippen molar-refractivity contribution in [3.8, 4) is 5.75 Å². The molecule has 0 bridgehead atoms. The van der Waals surface area contributed by atoms with E-state index in [0.29, 0.717) is 22.6 Å². The van der Waals surface area contributed by atoms with Gasteiger partial charge in [0.25, 0.3) is 11.8 Å². The van der Waals surface area contributed by atoms with Gasteiger partial charge in [-0.3, -0.25) is 19.0 Å². The highest BCUT2D eigenvalue weighted by Gasteiger charge is 2.22. The monoisotopic (exact) mass is 625 g/mol. The molecule has 1 aromatic heterocycles. The number of amides is 2. The molecule has 8 heteroatoms. The van der Waals surface area contributed by atoms with Crippen LogP contribution in [0.3, 0.4) is 0 Å². The van der Waals surface area contributed by atoms with E-state index in [9.17, 15) is 14.4 Å². The zero-order valence-corrected chi connectivity index (χ0v) is 26.1. The van der Waals surface area contributed by atoms with Gasteiger partial charge >= 0.3 is 0 Å². The zero-order chi connectivity index (χ0) is 32.0. The Hall–Kier alpha value is -5.60. The average Bonchev–Trinajstić information content (AvgIpc) is 3.43. The van der Waals surface area contributed by atoms with Gasteiger partial charge in [0, 0.05) is 32.5 Å². The Balaban J connectivity index is 1.19. The second-order valence-corrected chi connectivity index (χ2v) is 12.0. The van der Waals surface area contributed by atoms with E-state index in [1.54, 1.807) is 66.3 Å². The van der Waals surface area contributed by atoms with Gasteiger partial charge in [-0.2, -0.15) is 0 Å². The first-order valence-electron chi connectivity index (χ1n) is 14.7. The molecule has 0 aliphatic rings. The maximum atomic E-state index is 13.7. The van der Waals surface area contributed by atoms with Crippen LogP contribution in [0, 0.1) is 0 Å². The van der Waals surface area contributed by atoms with Crippen molar-refractivity contribution in [1.29, 1.82) is 0 Å². The van der Waals surface area contributed by atoms with Gasteiger partial charge in [0.05, 0.1) is 23.4 Å². The molecular weight excluding hydrogens is 595 g/mol. The van der Waals surface area contributed by atoms with Gasteiger partial charge in [-0.05, 0) is 67.6 Å². The minimum atomic E-state index is -0.495. The van der Waals surface area contributed by atoms with Crippen molar-refractivity contribution < 1.29 is 19.1 Å². The molecule has 1 unspecified atom stereocenters. The quantitative estimate of drug-likeness (QED) is 0.125. The molecule has 0 aliphatic carbocycles. The number of carbonyl (C=O) groups is 3. The fraction of sp³-hybridized carbons (Fsp3) is 0.0789. The average molecular weight is 626 g/mol. The fourth-order valence-electron chi connectivity index (χ4n) is 5.30. The number of hydrogen-bond donors (Lipinski definition) is 2. The number of nitrogens with one attached hydrogen (secondary N) is 2. The molecule has 0 aliphatic heterocycles. The third kappa shape index (κ3) is 6.43. The number of carbonyl (C=O) groups excluding carboxylic acids is 3. The number of methoxy groups -OCH3 is 1. The summed E-state index contributed by atoms with van der Waals surface area (Å²) in [5.41, 5.74) is 3.42. The predicted molar refractivity (Wildman–Crippen MR) is 185 cm³/mol. The summed E-state index contributed by atoms with van der Waals surface area (Å²) < 4.78 is 7.25. The number of hydrogen-bond acceptors (Lipinski definition) is 5. The van der Waals surface area contributed by atoms with Crippen molar-refractivity contribution >= 4 is 63.1 Å². The van der Waals surface area contributed by atoms with Gasteiger partial charge < -0.3 is 15.4 Å². The molecule has 0 saturated heterocycles. The minimum absolute atomic E-state index is 0.0138. The first-order chi connectivity index (χ1) is 22.4. The summed E-state index contributed by atoms with van der Waals surface area (Å²) in [7, 11) is 1.55. The zero-order valence-electron chi connectivity index (χ0n) is 25.3. The molecule has 46 heavy (non-hydrogen) atoms. The molecule has 228 valence electrons. The molecule has 2 N–H and O–H groups in total. The van der Waals surface area contributed by atoms with Crippen LogP contribution in [0.25, 0.3) is 27.9 Å². The largest absolute Gasteiger partial charge is 0.496 e. The third-order valence-electron chi connectivity index (χ3n) is 7.54. The van der Waals surface area contributed by atoms with Gasteiger partial charge in [0.1, 0.15) is 11.4 Å². The van der Waals surface area contributed by atoms with Crippen LogP contribution in [0.4, 0.5) is 5.69 Å².